The zero-order chi connectivity index (χ0) is 22.7. The van der Waals surface area contributed by atoms with E-state index in [0.29, 0.717) is 17.4 Å². The number of ether oxygens (including phenoxy) is 1. The van der Waals surface area contributed by atoms with Crippen LogP contribution in [0.5, 0.6) is 5.75 Å². The van der Waals surface area contributed by atoms with Gasteiger partial charge in [0, 0.05) is 11.6 Å². The molecule has 7 heteroatoms. The molecule has 1 aliphatic heterocycles. The van der Waals surface area contributed by atoms with Gasteiger partial charge in [-0.05, 0) is 53.1 Å². The number of benzene rings is 3. The van der Waals surface area contributed by atoms with Crippen molar-refractivity contribution in [2.75, 3.05) is 6.54 Å². The first-order valence-electron chi connectivity index (χ1n) is 10.1. The average molecular weight is 454 g/mol. The standard InChI is InChI=1S/C25H21ClFNO4/c26-20-7-1-17(2-8-20)16-32-22-11-5-19(6-12-22)25(18-3-9-21(27)10-4-18)15-23(29)28(25)14-13-24(30)31/h1-12H,13-16H2,(H,30,31). The van der Waals surface area contributed by atoms with Crippen LogP contribution in [-0.2, 0) is 21.7 Å². The Morgan fingerprint density at radius 1 is 1.00 bits per heavy atom. The van der Waals surface area contributed by atoms with Crippen molar-refractivity contribution in [3.63, 3.8) is 0 Å². The summed E-state index contributed by atoms with van der Waals surface area (Å²) in [5.41, 5.74) is 1.69. The first-order valence-corrected chi connectivity index (χ1v) is 10.5. The summed E-state index contributed by atoms with van der Waals surface area (Å²) >= 11 is 5.91. The molecule has 1 aliphatic rings. The highest BCUT2D eigenvalue weighted by molar-refractivity contribution is 6.30. The van der Waals surface area contributed by atoms with E-state index in [1.54, 1.807) is 29.2 Å². The van der Waals surface area contributed by atoms with E-state index in [9.17, 15) is 14.0 Å². The molecular weight excluding hydrogens is 433 g/mol. The Morgan fingerprint density at radius 3 is 2.16 bits per heavy atom. The van der Waals surface area contributed by atoms with Gasteiger partial charge in [0.1, 0.15) is 23.7 Å². The lowest BCUT2D eigenvalue weighted by Crippen LogP contribution is -2.62. The quantitative estimate of drug-likeness (QED) is 0.487. The van der Waals surface area contributed by atoms with Crippen molar-refractivity contribution in [1.29, 1.82) is 0 Å². The van der Waals surface area contributed by atoms with Gasteiger partial charge in [0.25, 0.3) is 0 Å². The zero-order valence-corrected chi connectivity index (χ0v) is 17.9. The number of rotatable bonds is 8. The first kappa shape index (κ1) is 21.8. The maximum Gasteiger partial charge on any atom is 0.305 e. The highest BCUT2D eigenvalue weighted by Crippen LogP contribution is 2.47. The van der Waals surface area contributed by atoms with E-state index in [2.05, 4.69) is 0 Å². The lowest BCUT2D eigenvalue weighted by Gasteiger charge is -2.53. The van der Waals surface area contributed by atoms with Crippen LogP contribution >= 0.6 is 11.6 Å². The van der Waals surface area contributed by atoms with Crippen molar-refractivity contribution in [2.24, 2.45) is 0 Å². The van der Waals surface area contributed by atoms with Gasteiger partial charge in [0.2, 0.25) is 5.91 Å². The van der Waals surface area contributed by atoms with Crippen molar-refractivity contribution in [1.82, 2.24) is 4.90 Å². The molecule has 0 radical (unpaired) electrons. The van der Waals surface area contributed by atoms with Crippen molar-refractivity contribution in [3.05, 3.63) is 100 Å². The molecule has 1 saturated heterocycles. The normalized spacial score (nSPS) is 17.7. The largest absolute Gasteiger partial charge is 0.489 e. The number of aliphatic carboxylic acids is 1. The van der Waals surface area contributed by atoms with Gasteiger partial charge in [0.05, 0.1) is 12.8 Å². The van der Waals surface area contributed by atoms with Gasteiger partial charge >= 0.3 is 5.97 Å². The van der Waals surface area contributed by atoms with E-state index in [0.717, 1.165) is 16.7 Å². The van der Waals surface area contributed by atoms with E-state index >= 15 is 0 Å². The molecule has 0 saturated carbocycles. The fraction of sp³-hybridized carbons (Fsp3) is 0.200. The summed E-state index contributed by atoms with van der Waals surface area (Å²) in [7, 11) is 0. The van der Waals surface area contributed by atoms with Crippen LogP contribution in [0.1, 0.15) is 29.5 Å². The van der Waals surface area contributed by atoms with Gasteiger partial charge in [-0.2, -0.15) is 0 Å². The third kappa shape index (κ3) is 4.32. The number of β-lactam (4-membered cyclic amide) rings is 1. The highest BCUT2D eigenvalue weighted by Gasteiger charge is 2.53. The second-order valence-corrected chi connectivity index (χ2v) is 8.11. The summed E-state index contributed by atoms with van der Waals surface area (Å²) < 4.78 is 19.4. The number of hydrogen-bond acceptors (Lipinski definition) is 3. The predicted molar refractivity (Wildman–Crippen MR) is 118 cm³/mol. The third-order valence-electron chi connectivity index (χ3n) is 5.69. The molecule has 0 aromatic heterocycles. The van der Waals surface area contributed by atoms with E-state index in [4.69, 9.17) is 21.4 Å². The maximum absolute atomic E-state index is 13.5. The molecule has 0 bridgehead atoms. The molecule has 1 heterocycles. The molecule has 164 valence electrons. The van der Waals surface area contributed by atoms with Crippen LogP contribution in [0, 0.1) is 5.82 Å². The van der Waals surface area contributed by atoms with Gasteiger partial charge in [-0.15, -0.1) is 0 Å². The number of halogens is 2. The maximum atomic E-state index is 13.5. The van der Waals surface area contributed by atoms with Crippen LogP contribution in [0.3, 0.4) is 0 Å². The average Bonchev–Trinajstić information content (AvgIpc) is 2.78. The molecule has 1 amide bonds. The fourth-order valence-electron chi connectivity index (χ4n) is 4.04. The van der Waals surface area contributed by atoms with E-state index in [1.165, 1.54) is 12.1 Å². The molecule has 3 aromatic rings. The van der Waals surface area contributed by atoms with Gasteiger partial charge in [-0.25, -0.2) is 4.39 Å². The van der Waals surface area contributed by atoms with Crippen LogP contribution in [0.4, 0.5) is 4.39 Å². The van der Waals surface area contributed by atoms with Crippen molar-refractivity contribution in [3.8, 4) is 5.75 Å². The molecule has 1 N–H and O–H groups in total. The molecule has 0 aliphatic carbocycles. The van der Waals surface area contributed by atoms with E-state index < -0.39 is 11.5 Å². The van der Waals surface area contributed by atoms with Crippen LogP contribution in [0.15, 0.2) is 72.8 Å². The second-order valence-electron chi connectivity index (χ2n) is 7.67. The summed E-state index contributed by atoms with van der Waals surface area (Å²) in [4.78, 5) is 25.1. The molecule has 1 atom stereocenters. The number of carboxylic acids is 1. The van der Waals surface area contributed by atoms with Crippen LogP contribution in [-0.4, -0.2) is 28.4 Å². The predicted octanol–water partition coefficient (Wildman–Crippen LogP) is 5.01. The molecule has 3 aromatic carbocycles. The summed E-state index contributed by atoms with van der Waals surface area (Å²) in [5.74, 6) is -0.847. The molecule has 5 nitrogen and oxygen atoms in total. The molecule has 32 heavy (non-hydrogen) atoms. The Labute approximate surface area is 190 Å². The number of carboxylic acid groups (broad SMARTS) is 1. The first-order chi connectivity index (χ1) is 15.4. The Kier molecular flexibility index (Phi) is 6.15. The monoisotopic (exact) mass is 453 g/mol. The number of likely N-dealkylation sites (tertiary alicyclic amines) is 1. The van der Waals surface area contributed by atoms with Gasteiger partial charge < -0.3 is 14.7 Å². The third-order valence-corrected chi connectivity index (χ3v) is 5.94. The number of hydrogen-bond donors (Lipinski definition) is 1. The minimum atomic E-state index is -0.983. The van der Waals surface area contributed by atoms with Crippen LogP contribution in [0.2, 0.25) is 5.02 Å². The summed E-state index contributed by atoms with van der Waals surface area (Å²) in [6.07, 6.45) is 0.0141. The van der Waals surface area contributed by atoms with E-state index in [1.807, 2.05) is 36.4 Å². The molecule has 1 unspecified atom stereocenters. The molecule has 4 rings (SSSR count). The zero-order valence-electron chi connectivity index (χ0n) is 17.1. The van der Waals surface area contributed by atoms with E-state index in [-0.39, 0.29) is 31.1 Å². The summed E-state index contributed by atoms with van der Waals surface area (Å²) in [6, 6.07) is 20.7. The Morgan fingerprint density at radius 2 is 1.59 bits per heavy atom. The Hall–Kier alpha value is -3.38. The number of carbonyl (C=O) groups excluding carboxylic acids is 1. The lowest BCUT2D eigenvalue weighted by molar-refractivity contribution is -0.155. The highest BCUT2D eigenvalue weighted by atomic mass is 35.5. The van der Waals surface area contributed by atoms with Crippen LogP contribution < -0.4 is 4.74 Å². The molecule has 0 spiro atoms. The lowest BCUT2D eigenvalue weighted by atomic mass is 9.72. The fourth-order valence-corrected chi connectivity index (χ4v) is 4.16. The number of carbonyl (C=O) groups is 2. The minimum Gasteiger partial charge on any atom is -0.489 e. The van der Waals surface area contributed by atoms with Crippen molar-refractivity contribution >= 4 is 23.5 Å². The number of nitrogens with zero attached hydrogens (tertiary/aromatic N) is 1. The van der Waals surface area contributed by atoms with Crippen molar-refractivity contribution < 1.29 is 23.8 Å². The topological polar surface area (TPSA) is 66.8 Å². The second kappa shape index (κ2) is 9.01. The summed E-state index contributed by atoms with van der Waals surface area (Å²) in [5, 5.41) is 9.77. The Balaban J connectivity index is 1.60. The molecular formula is C25H21ClFNO4. The smallest absolute Gasteiger partial charge is 0.305 e. The van der Waals surface area contributed by atoms with Crippen molar-refractivity contribution in [2.45, 2.75) is 25.0 Å². The minimum absolute atomic E-state index is 0.0698. The van der Waals surface area contributed by atoms with Gasteiger partial charge in [0.15, 0.2) is 0 Å². The molecule has 1 fully saturated rings. The van der Waals surface area contributed by atoms with Gasteiger partial charge in [-0.1, -0.05) is 48.0 Å². The van der Waals surface area contributed by atoms with Crippen LogP contribution in [0.25, 0.3) is 0 Å². The number of amides is 1. The van der Waals surface area contributed by atoms with Gasteiger partial charge in [-0.3, -0.25) is 9.59 Å². The SMILES string of the molecule is O=C(O)CCN1C(=O)CC1(c1ccc(F)cc1)c1ccc(OCc2ccc(Cl)cc2)cc1. The summed E-state index contributed by atoms with van der Waals surface area (Å²) in [6.45, 7) is 0.448. The Bertz CT molecular complexity index is 1120.